The molecule has 4 rings (SSSR count). The van der Waals surface area contributed by atoms with Crippen LogP contribution in [0.4, 0.5) is 11.4 Å². The van der Waals surface area contributed by atoms with Crippen LogP contribution in [0.5, 0.6) is 0 Å². The lowest BCUT2D eigenvalue weighted by Gasteiger charge is -2.14. The van der Waals surface area contributed by atoms with E-state index in [1.165, 1.54) is 28.8 Å². The molecule has 0 aliphatic carbocycles. The second kappa shape index (κ2) is 7.65. The molecule has 0 spiro atoms. The van der Waals surface area contributed by atoms with Crippen molar-refractivity contribution in [1.82, 2.24) is 0 Å². The fraction of sp³-hybridized carbons (Fsp3) is 0.0476. The van der Waals surface area contributed by atoms with Gasteiger partial charge in [-0.25, -0.2) is 0 Å². The van der Waals surface area contributed by atoms with E-state index in [0.717, 1.165) is 11.3 Å². The Morgan fingerprint density at radius 2 is 1.93 bits per heavy atom. The number of hydrogen-bond donors (Lipinski definition) is 0. The SMILES string of the molecule is Cc1cccc(N2C(=O)/C(=C\c3ccc(-c4cccc([N+](=O)[O-])c4)o3)SC2=S)c1. The summed E-state index contributed by atoms with van der Waals surface area (Å²) < 4.78 is 6.24. The Morgan fingerprint density at radius 3 is 2.69 bits per heavy atom. The van der Waals surface area contributed by atoms with Gasteiger partial charge in [-0.2, -0.15) is 0 Å². The Hall–Kier alpha value is -3.23. The van der Waals surface area contributed by atoms with Crippen LogP contribution in [0.25, 0.3) is 17.4 Å². The highest BCUT2D eigenvalue weighted by Crippen LogP contribution is 2.37. The molecule has 1 aliphatic rings. The van der Waals surface area contributed by atoms with Crippen LogP contribution in [0.15, 0.2) is 70.0 Å². The molecule has 2 heterocycles. The van der Waals surface area contributed by atoms with E-state index in [4.69, 9.17) is 16.6 Å². The molecule has 3 aromatic rings. The maximum Gasteiger partial charge on any atom is 0.270 e. The summed E-state index contributed by atoms with van der Waals surface area (Å²) in [5, 5.41) is 11.0. The first-order chi connectivity index (χ1) is 13.9. The number of benzene rings is 2. The average Bonchev–Trinajstić information content (AvgIpc) is 3.26. The quantitative estimate of drug-likeness (QED) is 0.237. The molecule has 0 unspecified atom stereocenters. The molecule has 0 N–H and O–H groups in total. The van der Waals surface area contributed by atoms with Gasteiger partial charge in [-0.15, -0.1) is 0 Å². The predicted molar refractivity (Wildman–Crippen MR) is 118 cm³/mol. The summed E-state index contributed by atoms with van der Waals surface area (Å²) in [7, 11) is 0. The van der Waals surface area contributed by atoms with Crippen LogP contribution in [-0.4, -0.2) is 15.2 Å². The van der Waals surface area contributed by atoms with E-state index in [1.807, 2.05) is 31.2 Å². The van der Waals surface area contributed by atoms with Crippen molar-refractivity contribution in [2.45, 2.75) is 6.92 Å². The number of amides is 1. The van der Waals surface area contributed by atoms with Gasteiger partial charge in [0.1, 0.15) is 11.5 Å². The van der Waals surface area contributed by atoms with Crippen molar-refractivity contribution in [3.05, 3.63) is 87.0 Å². The van der Waals surface area contributed by atoms with Gasteiger partial charge in [0, 0.05) is 23.8 Å². The van der Waals surface area contributed by atoms with Crippen molar-refractivity contribution < 1.29 is 14.1 Å². The molecule has 8 heteroatoms. The van der Waals surface area contributed by atoms with Crippen LogP contribution < -0.4 is 4.90 Å². The van der Waals surface area contributed by atoms with Crippen molar-refractivity contribution in [3.63, 3.8) is 0 Å². The van der Waals surface area contributed by atoms with Crippen molar-refractivity contribution >= 4 is 51.7 Å². The number of furan rings is 1. The monoisotopic (exact) mass is 422 g/mol. The van der Waals surface area contributed by atoms with Crippen LogP contribution in [0, 0.1) is 17.0 Å². The third-order valence-corrected chi connectivity index (χ3v) is 5.60. The van der Waals surface area contributed by atoms with Gasteiger partial charge in [-0.1, -0.05) is 48.2 Å². The van der Waals surface area contributed by atoms with Gasteiger partial charge in [-0.05, 0) is 36.8 Å². The number of anilines is 1. The Balaban J connectivity index is 1.61. The lowest BCUT2D eigenvalue weighted by Crippen LogP contribution is -2.27. The third-order valence-electron chi connectivity index (χ3n) is 4.30. The summed E-state index contributed by atoms with van der Waals surface area (Å²) in [6, 6.07) is 17.2. The summed E-state index contributed by atoms with van der Waals surface area (Å²) in [5.41, 5.74) is 2.34. The van der Waals surface area contributed by atoms with Crippen LogP contribution in [0.1, 0.15) is 11.3 Å². The molecular weight excluding hydrogens is 408 g/mol. The number of nitro benzene ring substituents is 1. The first-order valence-corrected chi connectivity index (χ1v) is 9.84. The van der Waals surface area contributed by atoms with Gasteiger partial charge >= 0.3 is 0 Å². The van der Waals surface area contributed by atoms with Gasteiger partial charge in [0.2, 0.25) is 0 Å². The van der Waals surface area contributed by atoms with E-state index in [0.29, 0.717) is 26.3 Å². The lowest BCUT2D eigenvalue weighted by atomic mass is 10.1. The van der Waals surface area contributed by atoms with E-state index in [9.17, 15) is 14.9 Å². The molecule has 144 valence electrons. The maximum absolute atomic E-state index is 12.9. The first-order valence-electron chi connectivity index (χ1n) is 8.62. The van der Waals surface area contributed by atoms with Gasteiger partial charge in [0.05, 0.1) is 15.5 Å². The number of non-ortho nitro benzene ring substituents is 1. The standard InChI is InChI=1S/C21H14N2O4S2/c1-13-4-2-6-15(10-13)22-20(24)19(29-21(22)28)12-17-8-9-18(27-17)14-5-3-7-16(11-14)23(25)26/h2-12H,1H3/b19-12+. The largest absolute Gasteiger partial charge is 0.457 e. The number of thioether (sulfide) groups is 1. The zero-order valence-electron chi connectivity index (χ0n) is 15.2. The van der Waals surface area contributed by atoms with E-state index < -0.39 is 4.92 Å². The molecule has 1 fully saturated rings. The van der Waals surface area contributed by atoms with Crippen LogP contribution in [0.3, 0.4) is 0 Å². The summed E-state index contributed by atoms with van der Waals surface area (Å²) in [5.74, 6) is 0.740. The zero-order chi connectivity index (χ0) is 20.5. The molecule has 0 bridgehead atoms. The molecule has 0 atom stereocenters. The molecule has 1 amide bonds. The van der Waals surface area contributed by atoms with Crippen molar-refractivity contribution in [3.8, 4) is 11.3 Å². The van der Waals surface area contributed by atoms with Crippen molar-refractivity contribution in [1.29, 1.82) is 0 Å². The van der Waals surface area contributed by atoms with Gasteiger partial charge < -0.3 is 4.42 Å². The molecule has 6 nitrogen and oxygen atoms in total. The number of nitrogens with zero attached hydrogens (tertiary/aromatic N) is 2. The fourth-order valence-corrected chi connectivity index (χ4v) is 4.22. The average molecular weight is 422 g/mol. The van der Waals surface area contributed by atoms with E-state index in [1.54, 1.807) is 30.3 Å². The molecule has 0 radical (unpaired) electrons. The number of nitro groups is 1. The molecule has 1 aliphatic heterocycles. The van der Waals surface area contributed by atoms with Gasteiger partial charge in [-0.3, -0.25) is 19.8 Å². The minimum atomic E-state index is -0.454. The molecule has 0 saturated carbocycles. The normalized spacial score (nSPS) is 15.3. The van der Waals surface area contributed by atoms with Crippen LogP contribution >= 0.6 is 24.0 Å². The van der Waals surface area contributed by atoms with Crippen molar-refractivity contribution in [2.75, 3.05) is 4.90 Å². The number of thiocarbonyl (C=S) groups is 1. The zero-order valence-corrected chi connectivity index (χ0v) is 16.8. The summed E-state index contributed by atoms with van der Waals surface area (Å²) in [4.78, 5) is 25.3. The highest BCUT2D eigenvalue weighted by molar-refractivity contribution is 8.27. The number of hydrogen-bond acceptors (Lipinski definition) is 6. The Bertz CT molecular complexity index is 1180. The van der Waals surface area contributed by atoms with E-state index >= 15 is 0 Å². The molecular formula is C21H14N2O4S2. The van der Waals surface area contributed by atoms with Crippen LogP contribution in [-0.2, 0) is 4.79 Å². The summed E-state index contributed by atoms with van der Waals surface area (Å²) in [6.45, 7) is 1.95. The Labute approximate surface area is 176 Å². The lowest BCUT2D eigenvalue weighted by molar-refractivity contribution is -0.384. The number of rotatable bonds is 4. The molecule has 2 aromatic carbocycles. The second-order valence-corrected chi connectivity index (χ2v) is 8.04. The van der Waals surface area contributed by atoms with Crippen molar-refractivity contribution in [2.24, 2.45) is 0 Å². The first kappa shape index (κ1) is 19.1. The third kappa shape index (κ3) is 3.85. The minimum absolute atomic E-state index is 0.0144. The smallest absolute Gasteiger partial charge is 0.270 e. The number of carbonyl (C=O) groups excluding carboxylic acids is 1. The second-order valence-electron chi connectivity index (χ2n) is 6.37. The number of aryl methyl sites for hydroxylation is 1. The van der Waals surface area contributed by atoms with Gasteiger partial charge in [0.15, 0.2) is 4.32 Å². The molecule has 1 saturated heterocycles. The predicted octanol–water partition coefficient (Wildman–Crippen LogP) is 5.57. The Kier molecular flexibility index (Phi) is 5.04. The number of carbonyl (C=O) groups is 1. The van der Waals surface area contributed by atoms with Gasteiger partial charge in [0.25, 0.3) is 11.6 Å². The summed E-state index contributed by atoms with van der Waals surface area (Å²) >= 11 is 6.60. The summed E-state index contributed by atoms with van der Waals surface area (Å²) in [6.07, 6.45) is 1.63. The highest BCUT2D eigenvalue weighted by Gasteiger charge is 2.33. The van der Waals surface area contributed by atoms with E-state index in [2.05, 4.69) is 0 Å². The Morgan fingerprint density at radius 1 is 1.14 bits per heavy atom. The topological polar surface area (TPSA) is 76.6 Å². The van der Waals surface area contributed by atoms with E-state index in [-0.39, 0.29) is 11.6 Å². The minimum Gasteiger partial charge on any atom is -0.457 e. The maximum atomic E-state index is 12.9. The molecule has 1 aromatic heterocycles. The highest BCUT2D eigenvalue weighted by atomic mass is 32.2. The molecule has 29 heavy (non-hydrogen) atoms. The fourth-order valence-electron chi connectivity index (χ4n) is 2.94. The van der Waals surface area contributed by atoms with Crippen LogP contribution in [0.2, 0.25) is 0 Å².